The van der Waals surface area contributed by atoms with Crippen molar-refractivity contribution in [2.45, 2.75) is 38.3 Å². The van der Waals surface area contributed by atoms with Crippen molar-refractivity contribution >= 4 is 0 Å². The number of rotatable bonds is 8. The van der Waals surface area contributed by atoms with Crippen molar-refractivity contribution < 1.29 is 9.13 Å². The van der Waals surface area contributed by atoms with Crippen molar-refractivity contribution in [2.24, 2.45) is 0 Å². The van der Waals surface area contributed by atoms with Crippen molar-refractivity contribution in [3.63, 3.8) is 0 Å². The second-order valence-electron chi connectivity index (χ2n) is 5.56. The van der Waals surface area contributed by atoms with Gasteiger partial charge in [0.1, 0.15) is 5.82 Å². The van der Waals surface area contributed by atoms with Crippen LogP contribution < -0.4 is 5.32 Å². The third kappa shape index (κ3) is 5.02. The number of nitrogens with zero attached hydrogens (tertiary/aromatic N) is 2. The molecule has 0 spiro atoms. The van der Waals surface area contributed by atoms with Crippen molar-refractivity contribution in [3.05, 3.63) is 29.8 Å². The first-order valence-corrected chi connectivity index (χ1v) is 7.85. The van der Waals surface area contributed by atoms with Gasteiger partial charge in [-0.25, -0.2) is 4.39 Å². The van der Waals surface area contributed by atoms with Crippen LogP contribution in [0.1, 0.15) is 37.9 Å². The highest BCUT2D eigenvalue weighted by Gasteiger charge is 2.19. The largest absolute Gasteiger partial charge is 0.377 e. The molecule has 4 nitrogen and oxygen atoms in total. The molecule has 5 heteroatoms. The number of likely N-dealkylation sites (N-methyl/N-ethyl adjacent to an activating group) is 1. The van der Waals surface area contributed by atoms with Gasteiger partial charge >= 0.3 is 0 Å². The van der Waals surface area contributed by atoms with Gasteiger partial charge in [0.15, 0.2) is 0 Å². The number of halogens is 1. The molecule has 0 amide bonds. The van der Waals surface area contributed by atoms with Crippen LogP contribution in [0.2, 0.25) is 0 Å². The second-order valence-corrected chi connectivity index (χ2v) is 5.56. The summed E-state index contributed by atoms with van der Waals surface area (Å²) >= 11 is 0. The van der Waals surface area contributed by atoms with Gasteiger partial charge in [0.2, 0.25) is 0 Å². The number of pyridine rings is 1. The Morgan fingerprint density at radius 1 is 1.52 bits per heavy atom. The third-order valence-electron chi connectivity index (χ3n) is 4.12. The first-order valence-electron chi connectivity index (χ1n) is 7.85. The standard InChI is InChI=1S/C16H26FN3O/c1-3-20(12-14-5-4-10-21-14)9-8-15(18-2)16-7-6-13(17)11-19-16/h6-7,11,14-15,18H,3-5,8-10,12H2,1-2H3. The summed E-state index contributed by atoms with van der Waals surface area (Å²) in [5.41, 5.74) is 0.895. The van der Waals surface area contributed by atoms with Crippen molar-refractivity contribution in [3.8, 4) is 0 Å². The van der Waals surface area contributed by atoms with Crippen LogP contribution in [0.15, 0.2) is 18.3 Å². The number of ether oxygens (including phenoxy) is 1. The highest BCUT2D eigenvalue weighted by Crippen LogP contribution is 2.17. The number of hydrogen-bond donors (Lipinski definition) is 1. The van der Waals surface area contributed by atoms with E-state index in [0.717, 1.165) is 38.4 Å². The average Bonchev–Trinajstić information content (AvgIpc) is 3.01. The van der Waals surface area contributed by atoms with Crippen molar-refractivity contribution in [1.82, 2.24) is 15.2 Å². The van der Waals surface area contributed by atoms with E-state index >= 15 is 0 Å². The highest BCUT2D eigenvalue weighted by atomic mass is 19.1. The molecule has 21 heavy (non-hydrogen) atoms. The first-order chi connectivity index (χ1) is 10.2. The number of aromatic nitrogens is 1. The summed E-state index contributed by atoms with van der Waals surface area (Å²) < 4.78 is 18.6. The maximum absolute atomic E-state index is 12.9. The molecule has 0 aromatic carbocycles. The Balaban J connectivity index is 1.84. The van der Waals surface area contributed by atoms with Crippen LogP contribution >= 0.6 is 0 Å². The fourth-order valence-electron chi connectivity index (χ4n) is 2.80. The summed E-state index contributed by atoms with van der Waals surface area (Å²) in [5, 5.41) is 3.27. The van der Waals surface area contributed by atoms with Crippen molar-refractivity contribution in [2.75, 3.05) is 33.3 Å². The second kappa shape index (κ2) is 8.41. The van der Waals surface area contributed by atoms with E-state index in [1.54, 1.807) is 6.07 Å². The van der Waals surface area contributed by atoms with Gasteiger partial charge in [0.05, 0.1) is 24.0 Å². The third-order valence-corrected chi connectivity index (χ3v) is 4.12. The molecule has 1 saturated heterocycles. The number of hydrogen-bond acceptors (Lipinski definition) is 4. The van der Waals surface area contributed by atoms with Crippen LogP contribution in [0.4, 0.5) is 4.39 Å². The molecule has 0 saturated carbocycles. The van der Waals surface area contributed by atoms with E-state index in [2.05, 4.69) is 22.1 Å². The molecular weight excluding hydrogens is 269 g/mol. The molecule has 1 N–H and O–H groups in total. The topological polar surface area (TPSA) is 37.4 Å². The minimum absolute atomic E-state index is 0.157. The van der Waals surface area contributed by atoms with Crippen molar-refractivity contribution in [1.29, 1.82) is 0 Å². The van der Waals surface area contributed by atoms with E-state index in [1.165, 1.54) is 25.1 Å². The van der Waals surface area contributed by atoms with Crippen LogP contribution in [-0.2, 0) is 4.74 Å². The lowest BCUT2D eigenvalue weighted by molar-refractivity contribution is 0.0735. The Hall–Kier alpha value is -1.04. The van der Waals surface area contributed by atoms with Gasteiger partial charge in [0, 0.05) is 19.7 Å². The van der Waals surface area contributed by atoms with Gasteiger partial charge in [-0.15, -0.1) is 0 Å². The molecule has 118 valence electrons. The molecule has 2 rings (SSSR count). The Bertz CT molecular complexity index is 406. The molecule has 0 radical (unpaired) electrons. The summed E-state index contributed by atoms with van der Waals surface area (Å²) in [6, 6.07) is 3.38. The zero-order valence-electron chi connectivity index (χ0n) is 13.0. The molecule has 1 aliphatic rings. The Kier molecular flexibility index (Phi) is 6.54. The quantitative estimate of drug-likeness (QED) is 0.799. The van der Waals surface area contributed by atoms with Crippen LogP contribution in [0.25, 0.3) is 0 Å². The number of nitrogens with one attached hydrogen (secondary N) is 1. The fraction of sp³-hybridized carbons (Fsp3) is 0.688. The Labute approximate surface area is 126 Å². The van der Waals surface area contributed by atoms with E-state index in [4.69, 9.17) is 4.74 Å². The van der Waals surface area contributed by atoms with E-state index < -0.39 is 0 Å². The molecular formula is C16H26FN3O. The molecule has 2 unspecified atom stereocenters. The highest BCUT2D eigenvalue weighted by molar-refractivity contribution is 5.09. The summed E-state index contributed by atoms with van der Waals surface area (Å²) in [6.45, 7) is 6.10. The van der Waals surface area contributed by atoms with Crippen LogP contribution in [0, 0.1) is 5.82 Å². The van der Waals surface area contributed by atoms with Crippen LogP contribution in [0.3, 0.4) is 0 Å². The normalized spacial score (nSPS) is 20.1. The first kappa shape index (κ1) is 16.3. The van der Waals surface area contributed by atoms with Gasteiger partial charge in [-0.1, -0.05) is 6.92 Å². The maximum Gasteiger partial charge on any atom is 0.141 e. The van der Waals surface area contributed by atoms with E-state index in [1.807, 2.05) is 7.05 Å². The minimum atomic E-state index is -0.290. The predicted octanol–water partition coefficient (Wildman–Crippen LogP) is 2.37. The van der Waals surface area contributed by atoms with Crippen LogP contribution in [-0.4, -0.2) is 49.3 Å². The Morgan fingerprint density at radius 3 is 2.95 bits per heavy atom. The molecule has 0 aliphatic carbocycles. The van der Waals surface area contributed by atoms with Gasteiger partial charge < -0.3 is 15.0 Å². The summed E-state index contributed by atoms with van der Waals surface area (Å²) in [5.74, 6) is -0.290. The Morgan fingerprint density at radius 2 is 2.38 bits per heavy atom. The van der Waals surface area contributed by atoms with Gasteiger partial charge in [0.25, 0.3) is 0 Å². The minimum Gasteiger partial charge on any atom is -0.377 e. The van der Waals surface area contributed by atoms with E-state index in [0.29, 0.717) is 6.10 Å². The monoisotopic (exact) mass is 295 g/mol. The zero-order chi connectivity index (χ0) is 15.1. The fourth-order valence-corrected chi connectivity index (χ4v) is 2.80. The lowest BCUT2D eigenvalue weighted by Crippen LogP contribution is -2.34. The molecule has 1 aromatic heterocycles. The van der Waals surface area contributed by atoms with Gasteiger partial charge in [-0.3, -0.25) is 4.98 Å². The van der Waals surface area contributed by atoms with Crippen LogP contribution in [0.5, 0.6) is 0 Å². The molecule has 2 heterocycles. The molecule has 1 aliphatic heterocycles. The average molecular weight is 295 g/mol. The predicted molar refractivity (Wildman–Crippen MR) is 81.7 cm³/mol. The molecule has 1 fully saturated rings. The summed E-state index contributed by atoms with van der Waals surface area (Å²) in [6.07, 6.45) is 4.98. The summed E-state index contributed by atoms with van der Waals surface area (Å²) in [7, 11) is 1.92. The van der Waals surface area contributed by atoms with E-state index in [-0.39, 0.29) is 11.9 Å². The lowest BCUT2D eigenvalue weighted by atomic mass is 10.1. The zero-order valence-corrected chi connectivity index (χ0v) is 13.0. The van der Waals surface area contributed by atoms with Gasteiger partial charge in [-0.2, -0.15) is 0 Å². The summed E-state index contributed by atoms with van der Waals surface area (Å²) in [4.78, 5) is 6.60. The molecule has 1 aromatic rings. The smallest absolute Gasteiger partial charge is 0.141 e. The van der Waals surface area contributed by atoms with E-state index in [9.17, 15) is 4.39 Å². The SMILES string of the molecule is CCN(CCC(NC)c1ccc(F)cn1)CC1CCCO1. The molecule has 2 atom stereocenters. The van der Waals surface area contributed by atoms with Gasteiger partial charge in [-0.05, 0) is 45.0 Å². The maximum atomic E-state index is 12.9. The molecule has 0 bridgehead atoms. The lowest BCUT2D eigenvalue weighted by Gasteiger charge is -2.25.